The van der Waals surface area contributed by atoms with Crippen LogP contribution in [0.25, 0.3) is 0 Å². The topological polar surface area (TPSA) is 55.7 Å². The van der Waals surface area contributed by atoms with Gasteiger partial charge < -0.3 is 4.74 Å². The van der Waals surface area contributed by atoms with Gasteiger partial charge in [-0.2, -0.15) is 4.99 Å². The Morgan fingerprint density at radius 1 is 1.54 bits per heavy atom. The van der Waals surface area contributed by atoms with Gasteiger partial charge in [0.05, 0.1) is 7.11 Å². The summed E-state index contributed by atoms with van der Waals surface area (Å²) in [7, 11) is 1.28. The molecule has 0 aromatic carbocycles. The number of aliphatic imine (C=N–C) groups is 1. The van der Waals surface area contributed by atoms with Gasteiger partial charge in [-0.1, -0.05) is 20.8 Å². The van der Waals surface area contributed by atoms with E-state index >= 15 is 0 Å². The predicted molar refractivity (Wildman–Crippen MR) is 48.0 cm³/mol. The Morgan fingerprint density at radius 2 is 2.08 bits per heavy atom. The molecule has 0 aliphatic heterocycles. The summed E-state index contributed by atoms with van der Waals surface area (Å²) >= 11 is 0. The standard InChI is InChI=1S/C9H15NO3/c1-9(2,3)5-7(10-6-11)8(12)13-4/h7H,5H2,1-4H3. The summed E-state index contributed by atoms with van der Waals surface area (Å²) in [5.41, 5.74) is -0.0702. The van der Waals surface area contributed by atoms with Crippen molar-refractivity contribution in [2.75, 3.05) is 7.11 Å². The van der Waals surface area contributed by atoms with E-state index in [1.807, 2.05) is 20.8 Å². The van der Waals surface area contributed by atoms with Gasteiger partial charge in [0.25, 0.3) is 0 Å². The first-order chi connectivity index (χ1) is 5.90. The van der Waals surface area contributed by atoms with Gasteiger partial charge >= 0.3 is 5.97 Å². The molecule has 1 atom stereocenters. The summed E-state index contributed by atoms with van der Waals surface area (Å²) in [5, 5.41) is 0. The third-order valence-corrected chi connectivity index (χ3v) is 1.49. The zero-order valence-corrected chi connectivity index (χ0v) is 8.46. The number of hydrogen-bond donors (Lipinski definition) is 0. The molecule has 0 aliphatic rings. The fraction of sp³-hybridized carbons (Fsp3) is 0.778. The van der Waals surface area contributed by atoms with E-state index in [1.165, 1.54) is 13.2 Å². The fourth-order valence-electron chi connectivity index (χ4n) is 0.961. The maximum atomic E-state index is 11.1. The highest BCUT2D eigenvalue weighted by atomic mass is 16.5. The van der Waals surface area contributed by atoms with Crippen molar-refractivity contribution in [3.05, 3.63) is 0 Å². The molecule has 0 spiro atoms. The first kappa shape index (κ1) is 11.8. The van der Waals surface area contributed by atoms with Crippen molar-refractivity contribution in [3.63, 3.8) is 0 Å². The molecular formula is C9H15NO3. The van der Waals surface area contributed by atoms with Crippen LogP contribution in [0.3, 0.4) is 0 Å². The van der Waals surface area contributed by atoms with Crippen LogP contribution in [0.5, 0.6) is 0 Å². The Labute approximate surface area is 78.0 Å². The van der Waals surface area contributed by atoms with Crippen LogP contribution in [0, 0.1) is 5.41 Å². The van der Waals surface area contributed by atoms with E-state index in [4.69, 9.17) is 0 Å². The quantitative estimate of drug-likeness (QED) is 0.378. The third-order valence-electron chi connectivity index (χ3n) is 1.49. The number of rotatable bonds is 3. The van der Waals surface area contributed by atoms with Crippen molar-refractivity contribution in [1.29, 1.82) is 0 Å². The number of nitrogens with zero attached hydrogens (tertiary/aromatic N) is 1. The lowest BCUT2D eigenvalue weighted by molar-refractivity contribution is -0.142. The summed E-state index contributed by atoms with van der Waals surface area (Å²) in [5.74, 6) is -0.488. The molecule has 0 heterocycles. The Hall–Kier alpha value is -1.15. The molecule has 0 amide bonds. The van der Waals surface area contributed by atoms with Crippen LogP contribution in [-0.4, -0.2) is 25.2 Å². The highest BCUT2D eigenvalue weighted by Gasteiger charge is 2.24. The van der Waals surface area contributed by atoms with Gasteiger partial charge in [-0.25, -0.2) is 9.59 Å². The summed E-state index contributed by atoms with van der Waals surface area (Å²) in [4.78, 5) is 24.5. The van der Waals surface area contributed by atoms with Crippen LogP contribution in [0.4, 0.5) is 0 Å². The summed E-state index contributed by atoms with van der Waals surface area (Å²) in [6.45, 7) is 5.88. The summed E-state index contributed by atoms with van der Waals surface area (Å²) < 4.78 is 4.50. The molecule has 0 bridgehead atoms. The van der Waals surface area contributed by atoms with Crippen molar-refractivity contribution < 1.29 is 14.3 Å². The number of carbonyl (C=O) groups excluding carboxylic acids is 2. The van der Waals surface area contributed by atoms with Crippen LogP contribution in [0.15, 0.2) is 4.99 Å². The van der Waals surface area contributed by atoms with E-state index in [2.05, 4.69) is 9.73 Å². The molecule has 4 nitrogen and oxygen atoms in total. The lowest BCUT2D eigenvalue weighted by Gasteiger charge is -2.20. The molecule has 0 saturated heterocycles. The molecule has 0 fully saturated rings. The summed E-state index contributed by atoms with van der Waals surface area (Å²) in [6.07, 6.45) is 1.86. The van der Waals surface area contributed by atoms with Gasteiger partial charge in [0.1, 0.15) is 0 Å². The van der Waals surface area contributed by atoms with Crippen LogP contribution < -0.4 is 0 Å². The molecule has 0 aromatic heterocycles. The van der Waals surface area contributed by atoms with Crippen LogP contribution in [0.1, 0.15) is 27.2 Å². The van der Waals surface area contributed by atoms with Gasteiger partial charge in [0, 0.05) is 0 Å². The van der Waals surface area contributed by atoms with Gasteiger partial charge in [-0.3, -0.25) is 0 Å². The van der Waals surface area contributed by atoms with Crippen LogP contribution in [-0.2, 0) is 14.3 Å². The molecule has 13 heavy (non-hydrogen) atoms. The SMILES string of the molecule is COC(=O)C(CC(C)(C)C)N=C=O. The van der Waals surface area contributed by atoms with Gasteiger partial charge in [0.2, 0.25) is 6.08 Å². The number of carbonyl (C=O) groups is 1. The molecule has 0 rings (SSSR count). The Balaban J connectivity index is 4.44. The maximum absolute atomic E-state index is 11.1. The van der Waals surface area contributed by atoms with Crippen molar-refractivity contribution in [1.82, 2.24) is 0 Å². The zero-order valence-electron chi connectivity index (χ0n) is 8.46. The van der Waals surface area contributed by atoms with E-state index in [0.717, 1.165) is 0 Å². The summed E-state index contributed by atoms with van der Waals surface area (Å²) in [6, 6.07) is -0.720. The van der Waals surface area contributed by atoms with E-state index in [0.29, 0.717) is 6.42 Å². The first-order valence-corrected chi connectivity index (χ1v) is 4.05. The van der Waals surface area contributed by atoms with E-state index < -0.39 is 12.0 Å². The minimum Gasteiger partial charge on any atom is -0.467 e. The molecular weight excluding hydrogens is 170 g/mol. The van der Waals surface area contributed by atoms with Crippen molar-refractivity contribution in [3.8, 4) is 0 Å². The second kappa shape index (κ2) is 4.77. The van der Waals surface area contributed by atoms with E-state index in [1.54, 1.807) is 0 Å². The van der Waals surface area contributed by atoms with Gasteiger partial charge in [-0.05, 0) is 11.8 Å². The highest BCUT2D eigenvalue weighted by Crippen LogP contribution is 2.22. The molecule has 1 unspecified atom stereocenters. The molecule has 0 radical (unpaired) electrons. The third kappa shape index (κ3) is 5.15. The lowest BCUT2D eigenvalue weighted by atomic mass is 9.88. The Morgan fingerprint density at radius 3 is 2.38 bits per heavy atom. The zero-order chi connectivity index (χ0) is 10.5. The second-order valence-electron chi connectivity index (χ2n) is 4.02. The fourth-order valence-corrected chi connectivity index (χ4v) is 0.961. The predicted octanol–water partition coefficient (Wildman–Crippen LogP) is 1.30. The molecule has 4 heteroatoms. The smallest absolute Gasteiger partial charge is 0.331 e. The van der Waals surface area contributed by atoms with Crippen LogP contribution in [0.2, 0.25) is 0 Å². The van der Waals surface area contributed by atoms with Crippen molar-refractivity contribution in [2.45, 2.75) is 33.2 Å². The number of esters is 1. The Bertz CT molecular complexity index is 224. The number of isocyanates is 1. The first-order valence-electron chi connectivity index (χ1n) is 4.05. The molecule has 74 valence electrons. The van der Waals surface area contributed by atoms with Crippen molar-refractivity contribution in [2.24, 2.45) is 10.4 Å². The normalized spacial score (nSPS) is 12.9. The average Bonchev–Trinajstić information content (AvgIpc) is 2.00. The lowest BCUT2D eigenvalue weighted by Crippen LogP contribution is -2.25. The molecule has 0 aromatic rings. The molecule has 0 saturated carbocycles. The largest absolute Gasteiger partial charge is 0.467 e. The number of ether oxygens (including phenoxy) is 1. The minimum absolute atomic E-state index is 0.0702. The Kier molecular flexibility index (Phi) is 4.35. The second-order valence-corrected chi connectivity index (χ2v) is 4.02. The number of methoxy groups -OCH3 is 1. The molecule has 0 aliphatic carbocycles. The van der Waals surface area contributed by atoms with Crippen LogP contribution >= 0.6 is 0 Å². The van der Waals surface area contributed by atoms with E-state index in [-0.39, 0.29) is 5.41 Å². The minimum atomic E-state index is -0.720. The monoisotopic (exact) mass is 185 g/mol. The highest BCUT2D eigenvalue weighted by molar-refractivity contribution is 5.76. The number of hydrogen-bond acceptors (Lipinski definition) is 4. The van der Waals surface area contributed by atoms with Gasteiger partial charge in [-0.15, -0.1) is 0 Å². The van der Waals surface area contributed by atoms with Crippen molar-refractivity contribution >= 4 is 12.0 Å². The van der Waals surface area contributed by atoms with Gasteiger partial charge in [0.15, 0.2) is 6.04 Å². The average molecular weight is 185 g/mol. The molecule has 0 N–H and O–H groups in total. The maximum Gasteiger partial charge on any atom is 0.331 e. The van der Waals surface area contributed by atoms with E-state index in [9.17, 15) is 9.59 Å².